The minimum atomic E-state index is -0.258. The summed E-state index contributed by atoms with van der Waals surface area (Å²) in [5.41, 5.74) is 1.38. The van der Waals surface area contributed by atoms with Crippen LogP contribution < -0.4 is 5.32 Å². The number of hydrogen-bond acceptors (Lipinski definition) is 2. The van der Waals surface area contributed by atoms with Gasteiger partial charge in [-0.05, 0) is 66.7 Å². The van der Waals surface area contributed by atoms with Crippen molar-refractivity contribution in [2.75, 3.05) is 0 Å². The number of hydrogen-bond donors (Lipinski definition) is 1. The molecule has 1 aromatic rings. The lowest BCUT2D eigenvalue weighted by Crippen LogP contribution is -2.23. The average Bonchev–Trinajstić information content (AvgIpc) is 2.80. The lowest BCUT2D eigenvalue weighted by atomic mass is 10.0. The predicted octanol–water partition coefficient (Wildman–Crippen LogP) is 2.83. The molecule has 3 aliphatic carbocycles. The van der Waals surface area contributed by atoms with Gasteiger partial charge in [-0.15, -0.1) is 0 Å². The van der Waals surface area contributed by atoms with Crippen LogP contribution in [0.2, 0.25) is 0 Å². The van der Waals surface area contributed by atoms with Crippen LogP contribution in [0.5, 0.6) is 0 Å². The van der Waals surface area contributed by atoms with Crippen molar-refractivity contribution in [2.24, 2.45) is 23.7 Å². The topological polar surface area (TPSA) is 35.8 Å². The van der Waals surface area contributed by atoms with Crippen molar-refractivity contribution in [2.45, 2.75) is 31.8 Å². The van der Waals surface area contributed by atoms with Crippen LogP contribution in [-0.2, 0) is 6.54 Å². The highest BCUT2D eigenvalue weighted by atomic mass is 19.1. The van der Waals surface area contributed by atoms with Gasteiger partial charge >= 0.3 is 0 Å². The quantitative estimate of drug-likeness (QED) is 0.902. The number of fused-ring (bicyclic) bond motifs is 5. The van der Waals surface area contributed by atoms with Crippen molar-refractivity contribution >= 4 is 0 Å². The SMILES string of the molecule is N#Cc1ccc(F)cc1CNC1C2C3CCC(C3)C12. The molecule has 19 heavy (non-hydrogen) atoms. The summed E-state index contributed by atoms with van der Waals surface area (Å²) in [6, 6.07) is 7.18. The molecule has 0 radical (unpaired) electrons. The Kier molecular flexibility index (Phi) is 2.43. The second kappa shape index (κ2) is 4.05. The van der Waals surface area contributed by atoms with Gasteiger partial charge in [0.2, 0.25) is 0 Å². The number of rotatable bonds is 3. The molecule has 3 saturated carbocycles. The first kappa shape index (κ1) is 11.4. The summed E-state index contributed by atoms with van der Waals surface area (Å²) >= 11 is 0. The van der Waals surface area contributed by atoms with Crippen molar-refractivity contribution in [1.82, 2.24) is 5.32 Å². The highest BCUT2D eigenvalue weighted by molar-refractivity contribution is 5.38. The molecule has 2 bridgehead atoms. The fraction of sp³-hybridized carbons (Fsp3) is 0.562. The van der Waals surface area contributed by atoms with Crippen LogP contribution in [-0.4, -0.2) is 6.04 Å². The van der Waals surface area contributed by atoms with Gasteiger partial charge in [0.15, 0.2) is 0 Å². The summed E-state index contributed by atoms with van der Waals surface area (Å²) in [5.74, 6) is 3.37. The molecule has 0 heterocycles. The summed E-state index contributed by atoms with van der Waals surface area (Å²) in [4.78, 5) is 0. The summed E-state index contributed by atoms with van der Waals surface area (Å²) in [6.07, 6.45) is 4.26. The second-order valence-corrected chi connectivity index (χ2v) is 6.31. The Balaban J connectivity index is 1.44. The Labute approximate surface area is 112 Å². The minimum absolute atomic E-state index is 0.258. The summed E-state index contributed by atoms with van der Waals surface area (Å²) in [7, 11) is 0. The fourth-order valence-corrected chi connectivity index (χ4v) is 4.64. The van der Waals surface area contributed by atoms with Crippen molar-refractivity contribution < 1.29 is 4.39 Å². The normalized spacial score (nSPS) is 38.0. The minimum Gasteiger partial charge on any atom is -0.309 e. The maximum atomic E-state index is 13.3. The maximum absolute atomic E-state index is 13.3. The highest BCUT2D eigenvalue weighted by Gasteiger charge is 2.64. The second-order valence-electron chi connectivity index (χ2n) is 6.31. The molecule has 4 unspecified atom stereocenters. The Morgan fingerprint density at radius 1 is 1.26 bits per heavy atom. The van der Waals surface area contributed by atoms with E-state index in [2.05, 4.69) is 11.4 Å². The van der Waals surface area contributed by atoms with E-state index in [1.165, 1.54) is 31.4 Å². The molecule has 0 aromatic heterocycles. The lowest BCUT2D eigenvalue weighted by molar-refractivity contribution is 0.456. The molecular formula is C16H17FN2. The third-order valence-corrected chi connectivity index (χ3v) is 5.45. The monoisotopic (exact) mass is 256 g/mol. The van der Waals surface area contributed by atoms with Crippen LogP contribution in [0.3, 0.4) is 0 Å². The Hall–Kier alpha value is -1.40. The molecule has 98 valence electrons. The van der Waals surface area contributed by atoms with E-state index >= 15 is 0 Å². The van der Waals surface area contributed by atoms with E-state index in [4.69, 9.17) is 5.26 Å². The van der Waals surface area contributed by atoms with Crippen molar-refractivity contribution in [3.8, 4) is 6.07 Å². The molecular weight excluding hydrogens is 239 g/mol. The van der Waals surface area contributed by atoms with Crippen LogP contribution in [0.25, 0.3) is 0 Å². The number of halogens is 1. The molecule has 3 fully saturated rings. The molecule has 3 aliphatic rings. The Morgan fingerprint density at radius 3 is 2.68 bits per heavy atom. The largest absolute Gasteiger partial charge is 0.309 e. The van der Waals surface area contributed by atoms with E-state index in [0.717, 1.165) is 29.2 Å². The smallest absolute Gasteiger partial charge is 0.123 e. The molecule has 1 aromatic carbocycles. The van der Waals surface area contributed by atoms with Gasteiger partial charge in [0, 0.05) is 12.6 Å². The zero-order chi connectivity index (χ0) is 13.0. The first-order valence-electron chi connectivity index (χ1n) is 7.20. The molecule has 0 aliphatic heterocycles. The number of nitrogens with zero attached hydrogens (tertiary/aromatic N) is 1. The summed E-state index contributed by atoms with van der Waals surface area (Å²) < 4.78 is 13.3. The molecule has 4 rings (SSSR count). The van der Waals surface area contributed by atoms with Crippen LogP contribution >= 0.6 is 0 Å². The van der Waals surface area contributed by atoms with Crippen LogP contribution in [0, 0.1) is 40.8 Å². The number of benzene rings is 1. The average molecular weight is 256 g/mol. The predicted molar refractivity (Wildman–Crippen MR) is 69.6 cm³/mol. The Bertz CT molecular complexity index is 546. The standard InChI is InChI=1S/C16H17FN2/c17-13-4-3-11(7-18)12(6-13)8-19-16-14-9-1-2-10(5-9)15(14)16/h3-4,6,9-10,14-16,19H,1-2,5,8H2. The maximum Gasteiger partial charge on any atom is 0.123 e. The lowest BCUT2D eigenvalue weighted by Gasteiger charge is -2.11. The van der Waals surface area contributed by atoms with E-state index < -0.39 is 0 Å². The summed E-state index contributed by atoms with van der Waals surface area (Å²) in [6.45, 7) is 0.623. The number of nitrogens with one attached hydrogen (secondary N) is 1. The molecule has 0 spiro atoms. The first-order chi connectivity index (χ1) is 9.28. The van der Waals surface area contributed by atoms with Gasteiger partial charge in [0.05, 0.1) is 11.6 Å². The van der Waals surface area contributed by atoms with E-state index in [9.17, 15) is 4.39 Å². The molecule has 0 amide bonds. The first-order valence-corrected chi connectivity index (χ1v) is 7.20. The van der Waals surface area contributed by atoms with Gasteiger partial charge < -0.3 is 5.32 Å². The fourth-order valence-electron chi connectivity index (χ4n) is 4.64. The van der Waals surface area contributed by atoms with Gasteiger partial charge in [-0.1, -0.05) is 0 Å². The van der Waals surface area contributed by atoms with E-state index in [1.807, 2.05) is 0 Å². The molecule has 0 saturated heterocycles. The van der Waals surface area contributed by atoms with Crippen LogP contribution in [0.4, 0.5) is 4.39 Å². The molecule has 3 heteroatoms. The van der Waals surface area contributed by atoms with Crippen LogP contribution in [0.15, 0.2) is 18.2 Å². The van der Waals surface area contributed by atoms with E-state index in [1.54, 1.807) is 6.07 Å². The van der Waals surface area contributed by atoms with Gasteiger partial charge in [0.25, 0.3) is 0 Å². The van der Waals surface area contributed by atoms with Gasteiger partial charge in [-0.25, -0.2) is 4.39 Å². The van der Waals surface area contributed by atoms with Crippen molar-refractivity contribution in [3.05, 3.63) is 35.1 Å². The zero-order valence-corrected chi connectivity index (χ0v) is 10.8. The van der Waals surface area contributed by atoms with Gasteiger partial charge in [-0.2, -0.15) is 5.26 Å². The highest BCUT2D eigenvalue weighted by Crippen LogP contribution is 2.65. The Morgan fingerprint density at radius 2 is 2.00 bits per heavy atom. The number of nitriles is 1. The van der Waals surface area contributed by atoms with Crippen molar-refractivity contribution in [3.63, 3.8) is 0 Å². The third-order valence-electron chi connectivity index (χ3n) is 5.45. The summed E-state index contributed by atoms with van der Waals surface area (Å²) in [5, 5.41) is 12.6. The van der Waals surface area contributed by atoms with Crippen molar-refractivity contribution in [1.29, 1.82) is 5.26 Å². The van der Waals surface area contributed by atoms with E-state index in [0.29, 0.717) is 18.2 Å². The third kappa shape index (κ3) is 1.70. The molecule has 4 atom stereocenters. The zero-order valence-electron chi connectivity index (χ0n) is 10.8. The molecule has 2 nitrogen and oxygen atoms in total. The van der Waals surface area contributed by atoms with Gasteiger partial charge in [0.1, 0.15) is 5.82 Å². The van der Waals surface area contributed by atoms with Gasteiger partial charge in [-0.3, -0.25) is 0 Å². The molecule has 1 N–H and O–H groups in total. The van der Waals surface area contributed by atoms with E-state index in [-0.39, 0.29) is 5.82 Å². The van der Waals surface area contributed by atoms with Crippen LogP contribution in [0.1, 0.15) is 30.4 Å².